The summed E-state index contributed by atoms with van der Waals surface area (Å²) in [5, 5.41) is 0. The van der Waals surface area contributed by atoms with E-state index in [2.05, 4.69) is 36.7 Å². The minimum atomic E-state index is -3.87. The van der Waals surface area contributed by atoms with Gasteiger partial charge < -0.3 is 9.30 Å². The predicted molar refractivity (Wildman–Crippen MR) is 109 cm³/mol. The molecule has 27 heavy (non-hydrogen) atoms. The van der Waals surface area contributed by atoms with Gasteiger partial charge >= 0.3 is 0 Å². The lowest BCUT2D eigenvalue weighted by atomic mass is 9.93. The second-order valence-electron chi connectivity index (χ2n) is 8.32. The summed E-state index contributed by atoms with van der Waals surface area (Å²) in [5.74, 6) is 0.957. The first-order valence-electron chi connectivity index (χ1n) is 9.19. The van der Waals surface area contributed by atoms with E-state index < -0.39 is 10.0 Å². The van der Waals surface area contributed by atoms with E-state index >= 15 is 0 Å². The smallest absolute Gasteiger partial charge is 0.288 e. The predicted octanol–water partition coefficient (Wildman–Crippen LogP) is 4.17. The van der Waals surface area contributed by atoms with Crippen LogP contribution in [0.3, 0.4) is 0 Å². The van der Waals surface area contributed by atoms with E-state index in [1.54, 1.807) is 18.2 Å². The molecule has 0 atom stereocenters. The minimum Gasteiger partial charge on any atom is -0.495 e. The van der Waals surface area contributed by atoms with Crippen LogP contribution in [-0.2, 0) is 22.0 Å². The SMILES string of the molecule is COc1cc(C)ccc1S(=O)(=O)/N=c1\sc(C(C)(C)C)c(C)n1CC1CC1. The van der Waals surface area contributed by atoms with Crippen LogP contribution in [0.5, 0.6) is 5.75 Å². The summed E-state index contributed by atoms with van der Waals surface area (Å²) in [6, 6.07) is 5.06. The van der Waals surface area contributed by atoms with E-state index in [0.717, 1.165) is 17.8 Å². The van der Waals surface area contributed by atoms with Crippen LogP contribution in [-0.4, -0.2) is 20.1 Å². The molecule has 148 valence electrons. The fourth-order valence-corrected chi connectivity index (χ4v) is 5.71. The molecule has 5 nitrogen and oxygen atoms in total. The van der Waals surface area contributed by atoms with Gasteiger partial charge in [-0.15, -0.1) is 15.7 Å². The maximum absolute atomic E-state index is 13.1. The van der Waals surface area contributed by atoms with Gasteiger partial charge in [-0.1, -0.05) is 26.8 Å². The number of thiazole rings is 1. The molecule has 0 N–H and O–H groups in total. The first-order valence-corrected chi connectivity index (χ1v) is 11.4. The van der Waals surface area contributed by atoms with Crippen molar-refractivity contribution in [1.29, 1.82) is 0 Å². The Morgan fingerprint density at radius 3 is 2.48 bits per heavy atom. The maximum Gasteiger partial charge on any atom is 0.288 e. The van der Waals surface area contributed by atoms with E-state index in [-0.39, 0.29) is 10.3 Å². The van der Waals surface area contributed by atoms with E-state index in [4.69, 9.17) is 4.74 Å². The number of hydrogen-bond acceptors (Lipinski definition) is 4. The first-order chi connectivity index (χ1) is 12.5. The van der Waals surface area contributed by atoms with Crippen LogP contribution in [0, 0.1) is 19.8 Å². The van der Waals surface area contributed by atoms with E-state index in [9.17, 15) is 8.42 Å². The molecule has 1 fully saturated rings. The summed E-state index contributed by atoms with van der Waals surface area (Å²) in [6.07, 6.45) is 2.40. The normalized spacial score (nSPS) is 16.0. The van der Waals surface area contributed by atoms with Crippen molar-refractivity contribution in [2.75, 3.05) is 7.11 Å². The fourth-order valence-electron chi connectivity index (χ4n) is 3.16. The Morgan fingerprint density at radius 2 is 1.93 bits per heavy atom. The number of methoxy groups -OCH3 is 1. The Balaban J connectivity index is 2.18. The van der Waals surface area contributed by atoms with Crippen molar-refractivity contribution in [1.82, 2.24) is 4.57 Å². The highest BCUT2D eigenvalue weighted by molar-refractivity contribution is 7.90. The molecule has 3 rings (SSSR count). The topological polar surface area (TPSA) is 60.7 Å². The number of nitrogens with zero attached hydrogens (tertiary/aromatic N) is 2. The lowest BCUT2D eigenvalue weighted by molar-refractivity contribution is 0.402. The van der Waals surface area contributed by atoms with Crippen LogP contribution in [0.4, 0.5) is 0 Å². The van der Waals surface area contributed by atoms with Gasteiger partial charge in [-0.3, -0.25) is 0 Å². The summed E-state index contributed by atoms with van der Waals surface area (Å²) in [4.78, 5) is 1.83. The van der Waals surface area contributed by atoms with Crippen molar-refractivity contribution in [2.45, 2.75) is 64.3 Å². The van der Waals surface area contributed by atoms with Gasteiger partial charge in [0.2, 0.25) is 4.80 Å². The molecule has 7 heteroatoms. The third kappa shape index (κ3) is 4.29. The number of sulfonamides is 1. The van der Waals surface area contributed by atoms with Crippen LogP contribution >= 0.6 is 11.3 Å². The first kappa shape index (κ1) is 20.1. The highest BCUT2D eigenvalue weighted by atomic mass is 32.2. The van der Waals surface area contributed by atoms with Crippen molar-refractivity contribution >= 4 is 21.4 Å². The van der Waals surface area contributed by atoms with E-state index in [1.165, 1.54) is 36.2 Å². The quantitative estimate of drug-likeness (QED) is 0.746. The number of aromatic nitrogens is 1. The molecule has 0 amide bonds. The summed E-state index contributed by atoms with van der Waals surface area (Å²) in [7, 11) is -2.39. The monoisotopic (exact) mass is 408 g/mol. The average molecular weight is 409 g/mol. The van der Waals surface area contributed by atoms with Gasteiger partial charge in [0.15, 0.2) is 0 Å². The zero-order valence-electron chi connectivity index (χ0n) is 16.9. The summed E-state index contributed by atoms with van der Waals surface area (Å²) < 4.78 is 37.8. The Bertz CT molecular complexity index is 1020. The molecule has 0 spiro atoms. The van der Waals surface area contributed by atoms with Crippen molar-refractivity contribution in [3.8, 4) is 5.75 Å². The number of ether oxygens (including phenoxy) is 1. The van der Waals surface area contributed by atoms with Crippen molar-refractivity contribution in [3.63, 3.8) is 0 Å². The van der Waals surface area contributed by atoms with Gasteiger partial charge in [0, 0.05) is 17.1 Å². The highest BCUT2D eigenvalue weighted by Crippen LogP contribution is 2.34. The molecular weight excluding hydrogens is 380 g/mol. The molecular formula is C20H28N2O3S2. The summed E-state index contributed by atoms with van der Waals surface area (Å²) >= 11 is 1.48. The molecule has 0 saturated heterocycles. The van der Waals surface area contributed by atoms with Gasteiger partial charge in [-0.2, -0.15) is 8.42 Å². The Kier molecular flexibility index (Phi) is 5.29. The molecule has 0 bridgehead atoms. The molecule has 2 aromatic rings. The van der Waals surface area contributed by atoms with Crippen molar-refractivity contribution in [2.24, 2.45) is 10.3 Å². The number of hydrogen-bond donors (Lipinski definition) is 0. The maximum atomic E-state index is 13.1. The minimum absolute atomic E-state index is 0.0564. The van der Waals surface area contributed by atoms with E-state index in [0.29, 0.717) is 16.5 Å². The third-order valence-electron chi connectivity index (χ3n) is 4.77. The van der Waals surface area contributed by atoms with Crippen molar-refractivity contribution in [3.05, 3.63) is 39.1 Å². The lowest BCUT2D eigenvalue weighted by Gasteiger charge is -2.17. The summed E-state index contributed by atoms with van der Waals surface area (Å²) in [6.45, 7) is 11.2. The van der Waals surface area contributed by atoms with Crippen LogP contribution < -0.4 is 9.54 Å². The molecule has 1 aliphatic carbocycles. The molecule has 0 radical (unpaired) electrons. The van der Waals surface area contributed by atoms with Gasteiger partial charge in [0.05, 0.1) is 7.11 Å². The second-order valence-corrected chi connectivity index (χ2v) is 10.9. The van der Waals surface area contributed by atoms with Gasteiger partial charge in [-0.25, -0.2) is 0 Å². The largest absolute Gasteiger partial charge is 0.495 e. The molecule has 1 aliphatic rings. The molecule has 1 aromatic carbocycles. The van der Waals surface area contributed by atoms with Crippen LogP contribution in [0.25, 0.3) is 0 Å². The molecule has 1 heterocycles. The van der Waals surface area contributed by atoms with Crippen LogP contribution in [0.1, 0.15) is 49.7 Å². The molecule has 0 unspecified atom stereocenters. The summed E-state index contributed by atoms with van der Waals surface area (Å²) in [5.41, 5.74) is 2.00. The number of benzene rings is 1. The van der Waals surface area contributed by atoms with Crippen LogP contribution in [0.2, 0.25) is 0 Å². The number of rotatable bonds is 5. The van der Waals surface area contributed by atoms with Gasteiger partial charge in [0.1, 0.15) is 10.6 Å². The van der Waals surface area contributed by atoms with Crippen LogP contribution in [0.15, 0.2) is 27.5 Å². The van der Waals surface area contributed by atoms with Gasteiger partial charge in [-0.05, 0) is 55.7 Å². The molecule has 1 aromatic heterocycles. The zero-order chi connectivity index (χ0) is 20.0. The fraction of sp³-hybridized carbons (Fsp3) is 0.550. The second kappa shape index (κ2) is 7.09. The Hall–Kier alpha value is -1.60. The zero-order valence-corrected chi connectivity index (χ0v) is 18.5. The molecule has 1 saturated carbocycles. The number of aryl methyl sites for hydroxylation is 1. The lowest BCUT2D eigenvalue weighted by Crippen LogP contribution is -2.20. The van der Waals surface area contributed by atoms with Gasteiger partial charge in [0.25, 0.3) is 10.0 Å². The Labute approximate surface area is 165 Å². The molecule has 0 aliphatic heterocycles. The standard InChI is InChI=1S/C20H28N2O3S2/c1-13-7-10-17(16(11-13)25-6)27(23,24)21-19-22(12-15-8-9-15)14(2)18(26-19)20(3,4)5/h7,10-11,15H,8-9,12H2,1-6H3/b21-19-. The third-order valence-corrected chi connectivity index (χ3v) is 7.80. The van der Waals surface area contributed by atoms with Crippen molar-refractivity contribution < 1.29 is 13.2 Å². The Morgan fingerprint density at radius 1 is 1.26 bits per heavy atom. The van der Waals surface area contributed by atoms with E-state index in [1.807, 2.05) is 6.92 Å². The highest BCUT2D eigenvalue weighted by Gasteiger charge is 2.28. The average Bonchev–Trinajstić information content (AvgIpc) is 3.33.